The molecule has 0 saturated heterocycles. The molecule has 0 radical (unpaired) electrons. The van der Waals surface area contributed by atoms with E-state index in [1.54, 1.807) is 6.20 Å². The number of hydrogen-bond acceptors (Lipinski definition) is 5. The van der Waals surface area contributed by atoms with Gasteiger partial charge in [0.2, 0.25) is 0 Å². The number of aryl methyl sites for hydroxylation is 1. The predicted octanol–water partition coefficient (Wildman–Crippen LogP) is 2.73. The summed E-state index contributed by atoms with van der Waals surface area (Å²) < 4.78 is 0. The predicted molar refractivity (Wildman–Crippen MR) is 92.5 cm³/mol. The lowest BCUT2D eigenvalue weighted by Gasteiger charge is -2.10. The molecule has 3 rings (SSSR count). The maximum absolute atomic E-state index is 12.5. The fraction of sp³-hybridized carbons (Fsp3) is 0.176. The summed E-state index contributed by atoms with van der Waals surface area (Å²) >= 11 is 1.51. The van der Waals surface area contributed by atoms with Gasteiger partial charge < -0.3 is 5.32 Å². The maximum atomic E-state index is 12.5. The Balaban J connectivity index is 1.67. The number of H-pyrrole nitrogens is 1. The first-order valence-corrected chi connectivity index (χ1v) is 8.47. The Morgan fingerprint density at radius 1 is 1.21 bits per heavy atom. The Morgan fingerprint density at radius 3 is 2.88 bits per heavy atom. The van der Waals surface area contributed by atoms with Gasteiger partial charge in [-0.3, -0.25) is 14.9 Å². The van der Waals surface area contributed by atoms with Crippen molar-refractivity contribution in [3.63, 3.8) is 0 Å². The number of thioether (sulfide) groups is 1. The maximum Gasteiger partial charge on any atom is 0.251 e. The summed E-state index contributed by atoms with van der Waals surface area (Å²) in [6.07, 6.45) is 3.20. The van der Waals surface area contributed by atoms with Crippen LogP contribution in [0.4, 0.5) is 0 Å². The van der Waals surface area contributed by atoms with E-state index in [1.165, 1.54) is 18.1 Å². The molecule has 2 aromatic heterocycles. The molecule has 7 heteroatoms. The van der Waals surface area contributed by atoms with Crippen LogP contribution in [0.2, 0.25) is 0 Å². The molecule has 0 saturated carbocycles. The van der Waals surface area contributed by atoms with E-state index in [4.69, 9.17) is 0 Å². The molecule has 0 spiro atoms. The number of nitrogens with one attached hydrogen (secondary N) is 2. The highest BCUT2D eigenvalue weighted by Gasteiger charge is 2.12. The normalized spacial score (nSPS) is 10.5. The molecule has 24 heavy (non-hydrogen) atoms. The van der Waals surface area contributed by atoms with Crippen molar-refractivity contribution in [2.24, 2.45) is 0 Å². The zero-order valence-corrected chi connectivity index (χ0v) is 14.0. The van der Waals surface area contributed by atoms with Crippen molar-refractivity contribution >= 4 is 17.7 Å². The molecule has 0 aliphatic rings. The summed E-state index contributed by atoms with van der Waals surface area (Å²) in [7, 11) is 0. The average Bonchev–Trinajstić information content (AvgIpc) is 3.13. The molecule has 0 aliphatic carbocycles. The van der Waals surface area contributed by atoms with Crippen LogP contribution in [0, 0.1) is 6.92 Å². The molecule has 0 bridgehead atoms. The zero-order valence-electron chi connectivity index (χ0n) is 13.2. The van der Waals surface area contributed by atoms with Gasteiger partial charge in [-0.1, -0.05) is 36.0 Å². The third kappa shape index (κ3) is 3.99. The number of rotatable bonds is 6. The molecule has 2 heterocycles. The zero-order chi connectivity index (χ0) is 16.8. The summed E-state index contributed by atoms with van der Waals surface area (Å²) in [5, 5.41) is 10.3. The monoisotopic (exact) mass is 339 g/mol. The van der Waals surface area contributed by atoms with Crippen LogP contribution in [0.15, 0.2) is 54.1 Å². The van der Waals surface area contributed by atoms with Crippen LogP contribution in [0.25, 0.3) is 0 Å². The van der Waals surface area contributed by atoms with Gasteiger partial charge in [-0.2, -0.15) is 5.10 Å². The minimum Gasteiger partial charge on any atom is -0.346 e. The molecule has 0 aliphatic heterocycles. The smallest absolute Gasteiger partial charge is 0.251 e. The van der Waals surface area contributed by atoms with Crippen LogP contribution in [-0.2, 0) is 12.3 Å². The number of pyridine rings is 1. The summed E-state index contributed by atoms with van der Waals surface area (Å²) in [4.78, 5) is 20.9. The van der Waals surface area contributed by atoms with E-state index in [2.05, 4.69) is 25.5 Å². The molecule has 2 N–H and O–H groups in total. The number of carbonyl (C=O) groups excluding carboxylic acids is 1. The first-order chi connectivity index (χ1) is 11.7. The van der Waals surface area contributed by atoms with Gasteiger partial charge in [-0.15, -0.1) is 0 Å². The molecule has 1 amide bonds. The molecule has 0 unspecified atom stereocenters. The van der Waals surface area contributed by atoms with E-state index in [9.17, 15) is 4.79 Å². The Labute approximate surface area is 144 Å². The molecule has 3 aromatic rings. The van der Waals surface area contributed by atoms with Gasteiger partial charge in [0.25, 0.3) is 5.91 Å². The topological polar surface area (TPSA) is 83.6 Å². The second-order valence-electron chi connectivity index (χ2n) is 5.19. The van der Waals surface area contributed by atoms with E-state index in [1.807, 2.05) is 43.3 Å². The third-order valence-corrected chi connectivity index (χ3v) is 4.48. The van der Waals surface area contributed by atoms with Gasteiger partial charge in [0.15, 0.2) is 5.16 Å². The SMILES string of the molecule is Cc1cccnc1CNC(=O)c1ccccc1CSc1ncn[nH]1. The van der Waals surface area contributed by atoms with E-state index >= 15 is 0 Å². The summed E-state index contributed by atoms with van der Waals surface area (Å²) in [6.45, 7) is 2.39. The van der Waals surface area contributed by atoms with Crippen LogP contribution in [0.1, 0.15) is 27.2 Å². The van der Waals surface area contributed by atoms with Gasteiger partial charge in [-0.25, -0.2) is 4.98 Å². The second kappa shape index (κ2) is 7.74. The number of nitrogens with zero attached hydrogens (tertiary/aromatic N) is 3. The highest BCUT2D eigenvalue weighted by molar-refractivity contribution is 7.98. The molecular formula is C17H17N5OS. The van der Waals surface area contributed by atoms with Crippen molar-refractivity contribution in [3.05, 3.63) is 71.3 Å². The van der Waals surface area contributed by atoms with Crippen LogP contribution < -0.4 is 5.32 Å². The fourth-order valence-corrected chi connectivity index (χ4v) is 3.02. The standard InChI is InChI=1S/C17H17N5OS/c1-12-5-4-8-18-15(12)9-19-16(23)14-7-3-2-6-13(14)10-24-17-20-11-21-22-17/h2-8,11H,9-10H2,1H3,(H,19,23)(H,20,21,22). The average molecular weight is 339 g/mol. The van der Waals surface area contributed by atoms with Crippen LogP contribution in [0.5, 0.6) is 0 Å². The Bertz CT molecular complexity index is 819. The van der Waals surface area contributed by atoms with Crippen molar-refractivity contribution in [3.8, 4) is 0 Å². The lowest BCUT2D eigenvalue weighted by atomic mass is 10.1. The van der Waals surface area contributed by atoms with Gasteiger partial charge in [0, 0.05) is 17.5 Å². The highest BCUT2D eigenvalue weighted by Crippen LogP contribution is 2.21. The number of carbonyl (C=O) groups is 1. The lowest BCUT2D eigenvalue weighted by molar-refractivity contribution is 0.0949. The molecule has 0 fully saturated rings. The van der Waals surface area contributed by atoms with E-state index in [0.29, 0.717) is 17.9 Å². The summed E-state index contributed by atoms with van der Waals surface area (Å²) in [6, 6.07) is 11.4. The quantitative estimate of drug-likeness (QED) is 0.675. The molecule has 0 atom stereocenters. The van der Waals surface area contributed by atoms with Crippen molar-refractivity contribution in [2.75, 3.05) is 0 Å². The number of amides is 1. The van der Waals surface area contributed by atoms with Gasteiger partial charge in [-0.05, 0) is 30.2 Å². The number of aromatic nitrogens is 4. The van der Waals surface area contributed by atoms with Gasteiger partial charge >= 0.3 is 0 Å². The molecular weight excluding hydrogens is 322 g/mol. The van der Waals surface area contributed by atoms with E-state index in [-0.39, 0.29) is 5.91 Å². The Kier molecular flexibility index (Phi) is 5.22. The van der Waals surface area contributed by atoms with Crippen molar-refractivity contribution < 1.29 is 4.79 Å². The number of aromatic amines is 1. The van der Waals surface area contributed by atoms with Gasteiger partial charge in [0.1, 0.15) is 6.33 Å². The number of benzene rings is 1. The largest absolute Gasteiger partial charge is 0.346 e. The fourth-order valence-electron chi connectivity index (χ4n) is 2.24. The number of hydrogen-bond donors (Lipinski definition) is 2. The minimum atomic E-state index is -0.103. The highest BCUT2D eigenvalue weighted by atomic mass is 32.2. The van der Waals surface area contributed by atoms with E-state index in [0.717, 1.165) is 22.0 Å². The molecule has 1 aromatic carbocycles. The van der Waals surface area contributed by atoms with Gasteiger partial charge in [0.05, 0.1) is 12.2 Å². The molecule has 6 nitrogen and oxygen atoms in total. The van der Waals surface area contributed by atoms with Crippen LogP contribution >= 0.6 is 11.8 Å². The van der Waals surface area contributed by atoms with Crippen LogP contribution in [0.3, 0.4) is 0 Å². The van der Waals surface area contributed by atoms with Crippen molar-refractivity contribution in [1.29, 1.82) is 0 Å². The third-order valence-electron chi connectivity index (χ3n) is 3.55. The van der Waals surface area contributed by atoms with Crippen molar-refractivity contribution in [1.82, 2.24) is 25.5 Å². The first kappa shape index (κ1) is 16.2. The second-order valence-corrected chi connectivity index (χ2v) is 6.15. The Hall–Kier alpha value is -2.67. The minimum absolute atomic E-state index is 0.103. The lowest BCUT2D eigenvalue weighted by Crippen LogP contribution is -2.24. The Morgan fingerprint density at radius 2 is 2.08 bits per heavy atom. The first-order valence-electron chi connectivity index (χ1n) is 7.49. The summed E-state index contributed by atoms with van der Waals surface area (Å²) in [5.74, 6) is 0.537. The summed E-state index contributed by atoms with van der Waals surface area (Å²) in [5.41, 5.74) is 3.55. The van der Waals surface area contributed by atoms with Crippen molar-refractivity contribution in [2.45, 2.75) is 24.4 Å². The van der Waals surface area contributed by atoms with E-state index < -0.39 is 0 Å². The van der Waals surface area contributed by atoms with Crippen LogP contribution in [-0.4, -0.2) is 26.1 Å². The molecule has 122 valence electrons.